The van der Waals surface area contributed by atoms with E-state index in [-0.39, 0.29) is 5.97 Å². The molecule has 0 aliphatic heterocycles. The normalized spacial score (nSPS) is 12.3. The van der Waals surface area contributed by atoms with Crippen molar-refractivity contribution in [3.63, 3.8) is 0 Å². The standard InChI is InChI=1S/C17H21NO3/c1-3-18(13-15-11-8-12-21-15)16(17(19)20-4-2)14-9-6-5-7-10-14/h5-12,16H,3-4,13H2,1-2H3. The minimum absolute atomic E-state index is 0.225. The average molecular weight is 287 g/mol. The maximum absolute atomic E-state index is 12.4. The summed E-state index contributed by atoms with van der Waals surface area (Å²) in [5, 5.41) is 0. The van der Waals surface area contributed by atoms with Gasteiger partial charge in [-0.2, -0.15) is 0 Å². The molecule has 1 aromatic carbocycles. The van der Waals surface area contributed by atoms with E-state index in [4.69, 9.17) is 9.15 Å². The van der Waals surface area contributed by atoms with Gasteiger partial charge in [0.25, 0.3) is 0 Å². The zero-order chi connectivity index (χ0) is 15.1. The summed E-state index contributed by atoms with van der Waals surface area (Å²) in [5.41, 5.74) is 0.935. The molecule has 0 aliphatic carbocycles. The Morgan fingerprint density at radius 2 is 1.95 bits per heavy atom. The second-order valence-electron chi connectivity index (χ2n) is 4.71. The van der Waals surface area contributed by atoms with Gasteiger partial charge < -0.3 is 9.15 Å². The van der Waals surface area contributed by atoms with Gasteiger partial charge in [0.15, 0.2) is 0 Å². The lowest BCUT2D eigenvalue weighted by molar-refractivity contribution is -0.150. The number of nitrogens with zero attached hydrogens (tertiary/aromatic N) is 1. The number of rotatable bonds is 7. The molecule has 112 valence electrons. The Hall–Kier alpha value is -2.07. The highest BCUT2D eigenvalue weighted by atomic mass is 16.5. The Morgan fingerprint density at radius 3 is 2.52 bits per heavy atom. The molecule has 0 aliphatic rings. The third-order valence-corrected chi connectivity index (χ3v) is 3.34. The van der Waals surface area contributed by atoms with Crippen LogP contribution < -0.4 is 0 Å². The summed E-state index contributed by atoms with van der Waals surface area (Å²) in [4.78, 5) is 14.4. The van der Waals surface area contributed by atoms with Gasteiger partial charge in [-0.3, -0.25) is 4.90 Å². The highest BCUT2D eigenvalue weighted by Gasteiger charge is 2.28. The maximum Gasteiger partial charge on any atom is 0.328 e. The number of hydrogen-bond acceptors (Lipinski definition) is 4. The zero-order valence-electron chi connectivity index (χ0n) is 12.5. The van der Waals surface area contributed by atoms with Gasteiger partial charge in [0.05, 0.1) is 19.4 Å². The Kier molecular flexibility index (Phi) is 5.58. The number of carbonyl (C=O) groups excluding carboxylic acids is 1. The molecule has 0 saturated heterocycles. The minimum Gasteiger partial charge on any atom is -0.468 e. The molecule has 1 atom stereocenters. The number of esters is 1. The number of likely N-dealkylation sites (N-methyl/N-ethyl adjacent to an activating group) is 1. The first-order valence-electron chi connectivity index (χ1n) is 7.24. The lowest BCUT2D eigenvalue weighted by Gasteiger charge is -2.28. The fraction of sp³-hybridized carbons (Fsp3) is 0.353. The maximum atomic E-state index is 12.4. The van der Waals surface area contributed by atoms with Crippen molar-refractivity contribution in [2.45, 2.75) is 26.4 Å². The van der Waals surface area contributed by atoms with Crippen molar-refractivity contribution in [1.82, 2.24) is 4.90 Å². The van der Waals surface area contributed by atoms with Crippen LogP contribution in [-0.4, -0.2) is 24.0 Å². The second kappa shape index (κ2) is 7.64. The van der Waals surface area contributed by atoms with E-state index in [1.807, 2.05) is 61.2 Å². The van der Waals surface area contributed by atoms with Crippen LogP contribution in [0.25, 0.3) is 0 Å². The smallest absolute Gasteiger partial charge is 0.328 e. The third kappa shape index (κ3) is 3.95. The number of hydrogen-bond donors (Lipinski definition) is 0. The molecule has 0 fully saturated rings. The summed E-state index contributed by atoms with van der Waals surface area (Å²) < 4.78 is 10.6. The van der Waals surface area contributed by atoms with Crippen molar-refractivity contribution in [2.75, 3.05) is 13.2 Å². The van der Waals surface area contributed by atoms with Crippen LogP contribution in [0.3, 0.4) is 0 Å². The number of ether oxygens (including phenoxy) is 1. The van der Waals surface area contributed by atoms with Crippen LogP contribution in [0.2, 0.25) is 0 Å². The van der Waals surface area contributed by atoms with Crippen molar-refractivity contribution >= 4 is 5.97 Å². The van der Waals surface area contributed by atoms with Crippen LogP contribution in [0.4, 0.5) is 0 Å². The molecule has 0 radical (unpaired) electrons. The molecule has 2 rings (SSSR count). The van der Waals surface area contributed by atoms with Crippen LogP contribution >= 0.6 is 0 Å². The van der Waals surface area contributed by atoms with Crippen LogP contribution in [0.1, 0.15) is 31.2 Å². The predicted octanol–water partition coefficient (Wildman–Crippen LogP) is 3.41. The molecule has 0 amide bonds. The number of furan rings is 1. The van der Waals surface area contributed by atoms with Crippen LogP contribution in [-0.2, 0) is 16.1 Å². The van der Waals surface area contributed by atoms with Crippen molar-refractivity contribution in [2.24, 2.45) is 0 Å². The van der Waals surface area contributed by atoms with E-state index >= 15 is 0 Å². The van der Waals surface area contributed by atoms with E-state index in [0.717, 1.165) is 17.9 Å². The second-order valence-corrected chi connectivity index (χ2v) is 4.71. The van der Waals surface area contributed by atoms with Gasteiger partial charge in [0.1, 0.15) is 11.8 Å². The molecule has 4 heteroatoms. The highest BCUT2D eigenvalue weighted by Crippen LogP contribution is 2.24. The molecule has 0 saturated carbocycles. The third-order valence-electron chi connectivity index (χ3n) is 3.34. The van der Waals surface area contributed by atoms with E-state index in [1.165, 1.54) is 0 Å². The SMILES string of the molecule is CCOC(=O)C(c1ccccc1)N(CC)Cc1ccco1. The molecule has 0 bridgehead atoms. The first kappa shape index (κ1) is 15.3. The molecule has 21 heavy (non-hydrogen) atoms. The monoisotopic (exact) mass is 287 g/mol. The number of benzene rings is 1. The average Bonchev–Trinajstić information content (AvgIpc) is 3.01. The Labute approximate surface area is 125 Å². The molecular formula is C17H21NO3. The van der Waals surface area contributed by atoms with Gasteiger partial charge >= 0.3 is 5.97 Å². The van der Waals surface area contributed by atoms with Crippen molar-refractivity contribution in [3.8, 4) is 0 Å². The summed E-state index contributed by atoms with van der Waals surface area (Å²) in [6.45, 7) is 5.52. The first-order valence-corrected chi connectivity index (χ1v) is 7.24. The van der Waals surface area contributed by atoms with Gasteiger partial charge in [0.2, 0.25) is 0 Å². The van der Waals surface area contributed by atoms with Gasteiger partial charge in [0, 0.05) is 0 Å². The lowest BCUT2D eigenvalue weighted by Crippen LogP contribution is -2.34. The van der Waals surface area contributed by atoms with E-state index in [0.29, 0.717) is 13.2 Å². The van der Waals surface area contributed by atoms with Gasteiger partial charge in [-0.05, 0) is 31.2 Å². The van der Waals surface area contributed by atoms with Crippen molar-refractivity contribution in [3.05, 3.63) is 60.1 Å². The lowest BCUT2D eigenvalue weighted by atomic mass is 10.1. The van der Waals surface area contributed by atoms with Crippen molar-refractivity contribution < 1.29 is 13.9 Å². The molecule has 0 spiro atoms. The van der Waals surface area contributed by atoms with E-state index in [9.17, 15) is 4.79 Å². The largest absolute Gasteiger partial charge is 0.468 e. The topological polar surface area (TPSA) is 42.7 Å². The van der Waals surface area contributed by atoms with E-state index < -0.39 is 6.04 Å². The molecule has 0 N–H and O–H groups in total. The number of carbonyl (C=O) groups is 1. The Morgan fingerprint density at radius 1 is 1.19 bits per heavy atom. The predicted molar refractivity (Wildman–Crippen MR) is 80.6 cm³/mol. The van der Waals surface area contributed by atoms with Gasteiger partial charge in [-0.25, -0.2) is 4.79 Å². The summed E-state index contributed by atoms with van der Waals surface area (Å²) in [5.74, 6) is 0.610. The van der Waals surface area contributed by atoms with Crippen LogP contribution in [0, 0.1) is 0 Å². The zero-order valence-corrected chi connectivity index (χ0v) is 12.5. The van der Waals surface area contributed by atoms with Gasteiger partial charge in [-0.15, -0.1) is 0 Å². The molecule has 4 nitrogen and oxygen atoms in total. The quantitative estimate of drug-likeness (QED) is 0.732. The summed E-state index contributed by atoms with van der Waals surface area (Å²) in [6, 6.07) is 13.1. The molecular weight excluding hydrogens is 266 g/mol. The molecule has 1 heterocycles. The molecule has 1 unspecified atom stereocenters. The summed E-state index contributed by atoms with van der Waals surface area (Å²) in [7, 11) is 0. The van der Waals surface area contributed by atoms with E-state index in [1.54, 1.807) is 6.26 Å². The minimum atomic E-state index is -0.416. The first-order chi connectivity index (χ1) is 10.3. The van der Waals surface area contributed by atoms with Crippen molar-refractivity contribution in [1.29, 1.82) is 0 Å². The summed E-state index contributed by atoms with van der Waals surface area (Å²) in [6.07, 6.45) is 1.64. The molecule has 2 aromatic rings. The fourth-order valence-electron chi connectivity index (χ4n) is 2.34. The highest BCUT2D eigenvalue weighted by molar-refractivity contribution is 5.77. The fourth-order valence-corrected chi connectivity index (χ4v) is 2.34. The Bertz CT molecular complexity index is 536. The van der Waals surface area contributed by atoms with E-state index in [2.05, 4.69) is 0 Å². The summed E-state index contributed by atoms with van der Waals surface area (Å²) >= 11 is 0. The van der Waals surface area contributed by atoms with Gasteiger partial charge in [-0.1, -0.05) is 37.3 Å². The Balaban J connectivity index is 2.26. The van der Waals surface area contributed by atoms with Crippen LogP contribution in [0.5, 0.6) is 0 Å². The van der Waals surface area contributed by atoms with Crippen LogP contribution in [0.15, 0.2) is 53.1 Å². The molecule has 1 aromatic heterocycles.